The van der Waals surface area contributed by atoms with Crippen LogP contribution in [0.25, 0.3) is 11.1 Å². The Bertz CT molecular complexity index is 656. The van der Waals surface area contributed by atoms with Crippen molar-refractivity contribution in [2.45, 2.75) is 6.92 Å². The highest BCUT2D eigenvalue weighted by molar-refractivity contribution is 5.89. The van der Waals surface area contributed by atoms with Crippen molar-refractivity contribution < 1.29 is 14.7 Å². The van der Waals surface area contributed by atoms with E-state index in [1.807, 2.05) is 0 Å². The van der Waals surface area contributed by atoms with Crippen molar-refractivity contribution in [3.05, 3.63) is 42.2 Å². The van der Waals surface area contributed by atoms with E-state index in [2.05, 4.69) is 20.6 Å². The number of benzene rings is 1. The van der Waals surface area contributed by atoms with Crippen LogP contribution in [-0.4, -0.2) is 33.6 Å². The molecule has 0 bridgehead atoms. The average molecular weight is 286 g/mol. The summed E-state index contributed by atoms with van der Waals surface area (Å²) in [7, 11) is 0. The molecule has 0 radical (unpaired) electrons. The van der Waals surface area contributed by atoms with Crippen molar-refractivity contribution >= 4 is 17.9 Å². The molecule has 0 aliphatic carbocycles. The van der Waals surface area contributed by atoms with E-state index in [0.717, 1.165) is 0 Å². The summed E-state index contributed by atoms with van der Waals surface area (Å²) in [6.07, 6.45) is 3.05. The van der Waals surface area contributed by atoms with Gasteiger partial charge < -0.3 is 10.4 Å². The predicted octanol–water partition coefficient (Wildman–Crippen LogP) is 1.98. The number of carbonyl (C=O) groups is 2. The fourth-order valence-corrected chi connectivity index (χ4v) is 1.68. The van der Waals surface area contributed by atoms with Crippen LogP contribution in [0.4, 0.5) is 10.7 Å². The molecule has 7 heteroatoms. The first-order valence-electron chi connectivity index (χ1n) is 6.30. The first kappa shape index (κ1) is 14.4. The zero-order valence-electron chi connectivity index (χ0n) is 11.3. The Labute approximate surface area is 121 Å². The van der Waals surface area contributed by atoms with Crippen molar-refractivity contribution in [3.63, 3.8) is 0 Å². The molecule has 3 N–H and O–H groups in total. The van der Waals surface area contributed by atoms with Gasteiger partial charge in [0.25, 0.3) is 0 Å². The molecule has 0 atom stereocenters. The number of amides is 2. The number of hydrogen-bond donors (Lipinski definition) is 3. The maximum Gasteiger partial charge on any atom is 0.335 e. The number of carboxylic acid groups (broad SMARTS) is 1. The van der Waals surface area contributed by atoms with Crippen LogP contribution >= 0.6 is 0 Å². The van der Waals surface area contributed by atoms with Gasteiger partial charge in [0.15, 0.2) is 0 Å². The van der Waals surface area contributed by atoms with E-state index in [1.165, 1.54) is 24.5 Å². The van der Waals surface area contributed by atoms with Gasteiger partial charge in [-0.15, -0.1) is 0 Å². The molecule has 7 nitrogen and oxygen atoms in total. The fraction of sp³-hybridized carbons (Fsp3) is 0.143. The Balaban J connectivity index is 2.17. The summed E-state index contributed by atoms with van der Waals surface area (Å²) in [5.74, 6) is -0.814. The van der Waals surface area contributed by atoms with Crippen LogP contribution in [0.5, 0.6) is 0 Å². The first-order valence-corrected chi connectivity index (χ1v) is 6.30. The van der Waals surface area contributed by atoms with Crippen molar-refractivity contribution in [1.82, 2.24) is 15.3 Å². The van der Waals surface area contributed by atoms with Gasteiger partial charge >= 0.3 is 12.0 Å². The Kier molecular flexibility index (Phi) is 4.45. The van der Waals surface area contributed by atoms with Gasteiger partial charge in [-0.1, -0.05) is 12.1 Å². The summed E-state index contributed by atoms with van der Waals surface area (Å²) in [5.41, 5.74) is 1.55. The second-order valence-corrected chi connectivity index (χ2v) is 4.17. The number of aromatic nitrogens is 2. The standard InChI is InChI=1S/C14H14N4O3/c1-2-15-14(21)18-13-16-7-11(8-17-13)9-4-3-5-10(6-9)12(19)20/h3-8H,2H2,1H3,(H,19,20)(H2,15,16,17,18,21). The second kappa shape index (κ2) is 6.47. The van der Waals surface area contributed by atoms with Crippen molar-refractivity contribution in [2.24, 2.45) is 0 Å². The minimum absolute atomic E-state index is 0.180. The molecule has 108 valence electrons. The number of carbonyl (C=O) groups excluding carboxylic acids is 1. The third-order valence-electron chi connectivity index (χ3n) is 2.66. The van der Waals surface area contributed by atoms with E-state index in [4.69, 9.17) is 5.11 Å². The quantitative estimate of drug-likeness (QED) is 0.797. The minimum atomic E-state index is -0.993. The first-order chi connectivity index (χ1) is 10.1. The molecule has 1 aromatic carbocycles. The number of aromatic carboxylic acids is 1. The smallest absolute Gasteiger partial charge is 0.335 e. The molecule has 0 fully saturated rings. The van der Waals surface area contributed by atoms with E-state index in [-0.39, 0.29) is 17.5 Å². The number of urea groups is 1. The SMILES string of the molecule is CCNC(=O)Nc1ncc(-c2cccc(C(=O)O)c2)cn1. The normalized spacial score (nSPS) is 9.95. The lowest BCUT2D eigenvalue weighted by Crippen LogP contribution is -2.28. The van der Waals surface area contributed by atoms with E-state index >= 15 is 0 Å². The zero-order valence-corrected chi connectivity index (χ0v) is 11.3. The van der Waals surface area contributed by atoms with Gasteiger partial charge in [0.1, 0.15) is 0 Å². The van der Waals surface area contributed by atoms with Gasteiger partial charge in [0.05, 0.1) is 5.56 Å². The van der Waals surface area contributed by atoms with Crippen LogP contribution in [0, 0.1) is 0 Å². The summed E-state index contributed by atoms with van der Waals surface area (Å²) in [4.78, 5) is 30.3. The van der Waals surface area contributed by atoms with Crippen LogP contribution in [0.2, 0.25) is 0 Å². The molecule has 0 saturated carbocycles. The van der Waals surface area contributed by atoms with Crippen LogP contribution in [-0.2, 0) is 0 Å². The van der Waals surface area contributed by atoms with Gasteiger partial charge in [-0.25, -0.2) is 19.6 Å². The fourth-order valence-electron chi connectivity index (χ4n) is 1.68. The molecular formula is C14H14N4O3. The van der Waals surface area contributed by atoms with Gasteiger partial charge in [-0.3, -0.25) is 5.32 Å². The van der Waals surface area contributed by atoms with Gasteiger partial charge in [-0.2, -0.15) is 0 Å². The topological polar surface area (TPSA) is 104 Å². The molecule has 21 heavy (non-hydrogen) atoms. The molecule has 0 spiro atoms. The third kappa shape index (κ3) is 3.75. The Morgan fingerprint density at radius 2 is 1.90 bits per heavy atom. The summed E-state index contributed by atoms with van der Waals surface area (Å²) < 4.78 is 0. The molecule has 2 aromatic rings. The summed E-state index contributed by atoms with van der Waals surface area (Å²) in [6.45, 7) is 2.31. The number of nitrogens with zero attached hydrogens (tertiary/aromatic N) is 2. The van der Waals surface area contributed by atoms with E-state index < -0.39 is 5.97 Å². The minimum Gasteiger partial charge on any atom is -0.478 e. The van der Waals surface area contributed by atoms with Crippen molar-refractivity contribution in [3.8, 4) is 11.1 Å². The van der Waals surface area contributed by atoms with Gasteiger partial charge in [-0.05, 0) is 24.6 Å². The largest absolute Gasteiger partial charge is 0.478 e. The number of carboxylic acids is 1. The molecule has 0 unspecified atom stereocenters. The lowest BCUT2D eigenvalue weighted by atomic mass is 10.1. The predicted molar refractivity (Wildman–Crippen MR) is 77.1 cm³/mol. The van der Waals surface area contributed by atoms with Gasteiger partial charge in [0, 0.05) is 24.5 Å². The monoisotopic (exact) mass is 286 g/mol. The lowest BCUT2D eigenvalue weighted by Gasteiger charge is -2.05. The second-order valence-electron chi connectivity index (χ2n) is 4.17. The zero-order chi connectivity index (χ0) is 15.2. The van der Waals surface area contributed by atoms with Crippen LogP contribution < -0.4 is 10.6 Å². The summed E-state index contributed by atoms with van der Waals surface area (Å²) in [6, 6.07) is 6.09. The molecule has 0 aliphatic heterocycles. The van der Waals surface area contributed by atoms with Crippen LogP contribution in [0.1, 0.15) is 17.3 Å². The molecule has 1 aromatic heterocycles. The van der Waals surface area contributed by atoms with E-state index in [0.29, 0.717) is 17.7 Å². The number of anilines is 1. The molecular weight excluding hydrogens is 272 g/mol. The number of hydrogen-bond acceptors (Lipinski definition) is 4. The van der Waals surface area contributed by atoms with E-state index in [1.54, 1.807) is 19.1 Å². The van der Waals surface area contributed by atoms with Crippen LogP contribution in [0.3, 0.4) is 0 Å². The van der Waals surface area contributed by atoms with E-state index in [9.17, 15) is 9.59 Å². The molecule has 2 rings (SSSR count). The number of rotatable bonds is 4. The Morgan fingerprint density at radius 1 is 1.19 bits per heavy atom. The maximum absolute atomic E-state index is 11.3. The lowest BCUT2D eigenvalue weighted by molar-refractivity contribution is 0.0697. The van der Waals surface area contributed by atoms with Gasteiger partial charge in [0.2, 0.25) is 5.95 Å². The Hall–Kier alpha value is -2.96. The summed E-state index contributed by atoms with van der Waals surface area (Å²) in [5, 5.41) is 14.0. The third-order valence-corrected chi connectivity index (χ3v) is 2.66. The highest BCUT2D eigenvalue weighted by atomic mass is 16.4. The summed E-state index contributed by atoms with van der Waals surface area (Å²) >= 11 is 0. The highest BCUT2D eigenvalue weighted by Gasteiger charge is 2.07. The highest BCUT2D eigenvalue weighted by Crippen LogP contribution is 2.19. The maximum atomic E-state index is 11.3. The van der Waals surface area contributed by atoms with Crippen molar-refractivity contribution in [1.29, 1.82) is 0 Å². The van der Waals surface area contributed by atoms with Crippen molar-refractivity contribution in [2.75, 3.05) is 11.9 Å². The Morgan fingerprint density at radius 3 is 2.52 bits per heavy atom. The molecule has 1 heterocycles. The number of nitrogens with one attached hydrogen (secondary N) is 2. The van der Waals surface area contributed by atoms with Crippen LogP contribution in [0.15, 0.2) is 36.7 Å². The molecule has 0 aliphatic rings. The average Bonchev–Trinajstić information content (AvgIpc) is 2.48. The molecule has 2 amide bonds. The molecule has 0 saturated heterocycles.